The van der Waals surface area contributed by atoms with E-state index in [1.54, 1.807) is 6.07 Å². The summed E-state index contributed by atoms with van der Waals surface area (Å²) in [5.74, 6) is 1.16. The largest absolute Gasteiger partial charge is 0.504 e. The SMILES string of the molecule is COc1ccc(O)c(OC)c1CNc1ncnc2c1ncn2C1O[C@H](CO)[C@@H](O)[C@H]1O. The van der Waals surface area contributed by atoms with Gasteiger partial charge in [0.15, 0.2) is 34.7 Å². The minimum Gasteiger partial charge on any atom is -0.504 e. The number of methoxy groups -OCH3 is 2. The summed E-state index contributed by atoms with van der Waals surface area (Å²) in [7, 11) is 2.96. The van der Waals surface area contributed by atoms with Crippen LogP contribution < -0.4 is 14.8 Å². The maximum atomic E-state index is 10.3. The molecule has 4 atom stereocenters. The molecule has 166 valence electrons. The fraction of sp³-hybridized carbons (Fsp3) is 0.421. The van der Waals surface area contributed by atoms with Crippen molar-refractivity contribution in [2.24, 2.45) is 0 Å². The first-order valence-electron chi connectivity index (χ1n) is 9.46. The van der Waals surface area contributed by atoms with E-state index in [9.17, 15) is 20.4 Å². The van der Waals surface area contributed by atoms with Gasteiger partial charge < -0.3 is 40.0 Å². The highest BCUT2D eigenvalue weighted by Crippen LogP contribution is 2.37. The number of benzene rings is 1. The van der Waals surface area contributed by atoms with Gasteiger partial charge in [0.1, 0.15) is 30.4 Å². The summed E-state index contributed by atoms with van der Waals surface area (Å²) < 4.78 is 17.7. The minimum atomic E-state index is -1.26. The van der Waals surface area contributed by atoms with Crippen LogP contribution in [0.15, 0.2) is 24.8 Å². The quantitative estimate of drug-likeness (QED) is 0.334. The number of nitrogens with one attached hydrogen (secondary N) is 1. The molecule has 1 fully saturated rings. The van der Waals surface area contributed by atoms with Crippen molar-refractivity contribution in [3.63, 3.8) is 0 Å². The third-order valence-electron chi connectivity index (χ3n) is 5.20. The lowest BCUT2D eigenvalue weighted by Gasteiger charge is -2.17. The van der Waals surface area contributed by atoms with Crippen molar-refractivity contribution in [3.8, 4) is 17.2 Å². The van der Waals surface area contributed by atoms with Gasteiger partial charge in [-0.2, -0.15) is 0 Å². The van der Waals surface area contributed by atoms with Crippen molar-refractivity contribution >= 4 is 17.0 Å². The number of aromatic nitrogens is 4. The van der Waals surface area contributed by atoms with E-state index in [-0.39, 0.29) is 18.0 Å². The molecule has 12 nitrogen and oxygen atoms in total. The normalized spacial score (nSPS) is 23.3. The van der Waals surface area contributed by atoms with Gasteiger partial charge in [-0.15, -0.1) is 0 Å². The topological polar surface area (TPSA) is 164 Å². The van der Waals surface area contributed by atoms with Crippen LogP contribution in [-0.4, -0.2) is 79.1 Å². The number of hydrogen-bond donors (Lipinski definition) is 5. The summed E-state index contributed by atoms with van der Waals surface area (Å²) >= 11 is 0. The molecule has 5 N–H and O–H groups in total. The third kappa shape index (κ3) is 3.59. The number of aliphatic hydroxyl groups excluding tert-OH is 3. The molecule has 1 unspecified atom stereocenters. The first kappa shape index (κ1) is 21.1. The van der Waals surface area contributed by atoms with Gasteiger partial charge in [-0.1, -0.05) is 0 Å². The molecule has 3 aromatic rings. The fourth-order valence-corrected chi connectivity index (χ4v) is 3.63. The summed E-state index contributed by atoms with van der Waals surface area (Å²) in [4.78, 5) is 12.8. The molecule has 0 bridgehead atoms. The van der Waals surface area contributed by atoms with Crippen molar-refractivity contribution in [1.29, 1.82) is 0 Å². The maximum absolute atomic E-state index is 10.3. The molecular weight excluding hydrogens is 410 g/mol. The van der Waals surface area contributed by atoms with Gasteiger partial charge in [-0.25, -0.2) is 15.0 Å². The number of aromatic hydroxyl groups is 1. The zero-order chi connectivity index (χ0) is 22.1. The van der Waals surface area contributed by atoms with Crippen molar-refractivity contribution in [1.82, 2.24) is 19.5 Å². The highest BCUT2D eigenvalue weighted by Gasteiger charge is 2.44. The Bertz CT molecular complexity index is 1080. The zero-order valence-corrected chi connectivity index (χ0v) is 16.8. The number of fused-ring (bicyclic) bond motifs is 1. The van der Waals surface area contributed by atoms with Crippen molar-refractivity contribution in [2.45, 2.75) is 31.1 Å². The smallest absolute Gasteiger partial charge is 0.169 e. The number of nitrogens with zero attached hydrogens (tertiary/aromatic N) is 4. The van der Waals surface area contributed by atoms with Crippen LogP contribution in [0.5, 0.6) is 17.2 Å². The average Bonchev–Trinajstić information content (AvgIpc) is 3.33. The first-order chi connectivity index (χ1) is 15.0. The van der Waals surface area contributed by atoms with Crippen molar-refractivity contribution in [3.05, 3.63) is 30.4 Å². The van der Waals surface area contributed by atoms with E-state index in [2.05, 4.69) is 20.3 Å². The van der Waals surface area contributed by atoms with Gasteiger partial charge in [0, 0.05) is 6.54 Å². The monoisotopic (exact) mass is 433 g/mol. The summed E-state index contributed by atoms with van der Waals surface area (Å²) in [6, 6.07) is 3.10. The molecule has 0 saturated carbocycles. The van der Waals surface area contributed by atoms with Crippen LogP contribution in [0.2, 0.25) is 0 Å². The molecule has 3 heterocycles. The molecule has 2 aromatic heterocycles. The molecule has 0 spiro atoms. The molecule has 1 aliphatic rings. The van der Waals surface area contributed by atoms with Crippen LogP contribution in [-0.2, 0) is 11.3 Å². The summed E-state index contributed by atoms with van der Waals surface area (Å²) in [5, 5.41) is 42.9. The molecular formula is C19H23N5O7. The number of phenols is 1. The summed E-state index contributed by atoms with van der Waals surface area (Å²) in [6.45, 7) is -0.232. The Morgan fingerprint density at radius 3 is 2.61 bits per heavy atom. The van der Waals surface area contributed by atoms with Crippen LogP contribution in [0.4, 0.5) is 5.82 Å². The Morgan fingerprint density at radius 1 is 1.13 bits per heavy atom. The molecule has 0 radical (unpaired) electrons. The standard InChI is InChI=1S/C19H23N5O7/c1-29-11-4-3-10(26)16(30-2)9(11)5-20-17-13-18(22-7-21-17)24(8-23-13)19-15(28)14(27)12(6-25)31-19/h3-4,7-8,12,14-15,19,25-28H,5-6H2,1-2H3,(H,20,21,22)/t12-,14-,15-,19?/m1/s1. The lowest BCUT2D eigenvalue weighted by Crippen LogP contribution is -2.33. The Balaban J connectivity index is 1.64. The van der Waals surface area contributed by atoms with E-state index >= 15 is 0 Å². The summed E-state index contributed by atoms with van der Waals surface area (Å²) in [5.41, 5.74) is 1.35. The van der Waals surface area contributed by atoms with Gasteiger partial charge in [0.05, 0.1) is 32.7 Å². The molecule has 0 aliphatic carbocycles. The molecule has 4 rings (SSSR count). The predicted octanol–water partition coefficient (Wildman–Crippen LogP) is -0.227. The number of hydrogen-bond acceptors (Lipinski definition) is 11. The number of imidazole rings is 1. The van der Waals surface area contributed by atoms with Crippen LogP contribution in [0, 0.1) is 0 Å². The van der Waals surface area contributed by atoms with Gasteiger partial charge in [0.25, 0.3) is 0 Å². The van der Waals surface area contributed by atoms with Gasteiger partial charge in [-0.3, -0.25) is 4.57 Å². The Morgan fingerprint density at radius 2 is 1.94 bits per heavy atom. The first-order valence-corrected chi connectivity index (χ1v) is 9.46. The minimum absolute atomic E-state index is 0.0263. The second kappa shape index (κ2) is 8.51. The van der Waals surface area contributed by atoms with E-state index < -0.39 is 31.1 Å². The Kier molecular flexibility index (Phi) is 5.78. The van der Waals surface area contributed by atoms with E-state index in [1.807, 2.05) is 0 Å². The molecule has 0 amide bonds. The molecule has 1 aliphatic heterocycles. The maximum Gasteiger partial charge on any atom is 0.169 e. The second-order valence-electron chi connectivity index (χ2n) is 6.93. The highest BCUT2D eigenvalue weighted by atomic mass is 16.6. The fourth-order valence-electron chi connectivity index (χ4n) is 3.63. The lowest BCUT2D eigenvalue weighted by molar-refractivity contribution is -0.0511. The van der Waals surface area contributed by atoms with E-state index in [1.165, 1.54) is 37.5 Å². The van der Waals surface area contributed by atoms with E-state index in [0.717, 1.165) is 0 Å². The van der Waals surface area contributed by atoms with Crippen LogP contribution in [0.1, 0.15) is 11.8 Å². The number of phenolic OH excluding ortho intramolecular Hbond substituents is 1. The molecule has 12 heteroatoms. The van der Waals surface area contributed by atoms with Gasteiger partial charge in [-0.05, 0) is 12.1 Å². The third-order valence-corrected chi connectivity index (χ3v) is 5.20. The lowest BCUT2D eigenvalue weighted by atomic mass is 10.1. The number of ether oxygens (including phenoxy) is 3. The van der Waals surface area contributed by atoms with E-state index in [0.29, 0.717) is 28.3 Å². The van der Waals surface area contributed by atoms with Gasteiger partial charge in [0.2, 0.25) is 0 Å². The van der Waals surface area contributed by atoms with Crippen molar-refractivity contribution in [2.75, 3.05) is 26.1 Å². The number of anilines is 1. The number of rotatable bonds is 7. The highest BCUT2D eigenvalue weighted by molar-refractivity contribution is 5.82. The van der Waals surface area contributed by atoms with Crippen molar-refractivity contribution < 1.29 is 34.6 Å². The average molecular weight is 433 g/mol. The molecule has 1 saturated heterocycles. The number of aliphatic hydroxyl groups is 3. The summed E-state index contributed by atoms with van der Waals surface area (Å²) in [6.07, 6.45) is -1.64. The Labute approximate surface area is 176 Å². The van der Waals surface area contributed by atoms with Gasteiger partial charge >= 0.3 is 0 Å². The zero-order valence-electron chi connectivity index (χ0n) is 16.8. The van der Waals surface area contributed by atoms with Crippen LogP contribution in [0.3, 0.4) is 0 Å². The van der Waals surface area contributed by atoms with Crippen LogP contribution in [0.25, 0.3) is 11.2 Å². The molecule has 31 heavy (non-hydrogen) atoms. The van der Waals surface area contributed by atoms with Crippen LogP contribution >= 0.6 is 0 Å². The second-order valence-corrected chi connectivity index (χ2v) is 6.93. The Hall–Kier alpha value is -3.19. The van der Waals surface area contributed by atoms with E-state index in [4.69, 9.17) is 14.2 Å². The molecule has 1 aromatic carbocycles. The predicted molar refractivity (Wildman–Crippen MR) is 107 cm³/mol.